The molecular weight excluding hydrogens is 588 g/mol. The first-order valence-corrected chi connectivity index (χ1v) is 14.4. The summed E-state index contributed by atoms with van der Waals surface area (Å²) in [6, 6.07) is 19.3. The van der Waals surface area contributed by atoms with Crippen molar-refractivity contribution < 1.29 is 28.6 Å². The van der Waals surface area contributed by atoms with Gasteiger partial charge in [0, 0.05) is 4.47 Å². The van der Waals surface area contributed by atoms with Crippen molar-refractivity contribution in [2.24, 2.45) is 0 Å². The van der Waals surface area contributed by atoms with Crippen molar-refractivity contribution in [1.82, 2.24) is 5.32 Å². The molecule has 0 bridgehead atoms. The number of benzene rings is 3. The molecule has 3 aromatic carbocycles. The molecule has 1 aliphatic heterocycles. The van der Waals surface area contributed by atoms with Gasteiger partial charge in [0.1, 0.15) is 24.5 Å². The van der Waals surface area contributed by atoms with Crippen LogP contribution in [0.1, 0.15) is 49.1 Å². The Hall–Kier alpha value is -4.11. The summed E-state index contributed by atoms with van der Waals surface area (Å²) in [5, 5.41) is 2.23. The number of halogens is 1. The Morgan fingerprint density at radius 2 is 1.59 bits per heavy atom. The van der Waals surface area contributed by atoms with Crippen LogP contribution in [-0.2, 0) is 9.59 Å². The van der Waals surface area contributed by atoms with Crippen LogP contribution in [0.15, 0.2) is 76.8 Å². The molecule has 3 aromatic rings. The summed E-state index contributed by atoms with van der Waals surface area (Å²) >= 11 is 3.33. The van der Waals surface area contributed by atoms with Gasteiger partial charge in [0.2, 0.25) is 0 Å². The number of rotatable bonds is 9. The van der Waals surface area contributed by atoms with Gasteiger partial charge in [0.25, 0.3) is 11.8 Å². The van der Waals surface area contributed by atoms with E-state index in [1.54, 1.807) is 42.5 Å². The third-order valence-corrected chi connectivity index (χ3v) is 7.78. The van der Waals surface area contributed by atoms with E-state index in [1.165, 1.54) is 50.9 Å². The lowest BCUT2D eigenvalue weighted by Gasteiger charge is -2.26. The lowest BCUT2D eigenvalue weighted by atomic mass is 9.84. The molecule has 8 nitrogen and oxygen atoms in total. The predicted molar refractivity (Wildman–Crippen MR) is 159 cm³/mol. The van der Waals surface area contributed by atoms with Gasteiger partial charge in [-0.3, -0.25) is 14.9 Å². The summed E-state index contributed by atoms with van der Waals surface area (Å²) < 4.78 is 18.0. The van der Waals surface area contributed by atoms with Gasteiger partial charge in [-0.15, -0.1) is 0 Å². The molecule has 0 aromatic heterocycles. The number of ether oxygens (including phenoxy) is 3. The fraction of sp³-hybridized carbons (Fsp3) is 0.281. The number of nitrogens with zero attached hydrogens (tertiary/aromatic N) is 1. The second-order valence-electron chi connectivity index (χ2n) is 9.95. The van der Waals surface area contributed by atoms with E-state index in [0.29, 0.717) is 41.9 Å². The minimum atomic E-state index is -0.803. The highest BCUT2D eigenvalue weighted by molar-refractivity contribution is 9.10. The molecule has 2 aliphatic rings. The fourth-order valence-electron chi connectivity index (χ4n) is 5.13. The number of anilines is 1. The lowest BCUT2D eigenvalue weighted by molar-refractivity contribution is -0.122. The molecule has 4 amide bonds. The van der Waals surface area contributed by atoms with E-state index in [4.69, 9.17) is 14.2 Å². The molecule has 1 saturated carbocycles. The lowest BCUT2D eigenvalue weighted by Crippen LogP contribution is -2.54. The first kappa shape index (κ1) is 28.4. The van der Waals surface area contributed by atoms with Crippen LogP contribution >= 0.6 is 15.9 Å². The number of hydrogen-bond donors (Lipinski definition) is 1. The molecule has 1 heterocycles. The second-order valence-corrected chi connectivity index (χ2v) is 10.9. The van der Waals surface area contributed by atoms with E-state index >= 15 is 0 Å². The normalized spacial score (nSPS) is 17.0. The molecular formula is C32H31BrN2O6. The van der Waals surface area contributed by atoms with Crippen molar-refractivity contribution in [2.45, 2.75) is 38.0 Å². The summed E-state index contributed by atoms with van der Waals surface area (Å²) in [5.74, 6) is 0.900. The average molecular weight is 620 g/mol. The molecule has 0 spiro atoms. The molecule has 1 N–H and O–H groups in total. The maximum absolute atomic E-state index is 13.1. The highest BCUT2D eigenvalue weighted by atomic mass is 79.9. The van der Waals surface area contributed by atoms with Crippen LogP contribution < -0.4 is 24.4 Å². The van der Waals surface area contributed by atoms with Crippen LogP contribution in [-0.4, -0.2) is 38.2 Å². The summed E-state index contributed by atoms with van der Waals surface area (Å²) in [7, 11) is 1.51. The Labute approximate surface area is 247 Å². The van der Waals surface area contributed by atoms with E-state index < -0.39 is 17.8 Å². The van der Waals surface area contributed by atoms with Gasteiger partial charge in [0.05, 0.1) is 12.8 Å². The molecule has 9 heteroatoms. The maximum atomic E-state index is 13.1. The third-order valence-electron chi connectivity index (χ3n) is 7.25. The molecule has 212 valence electrons. The third kappa shape index (κ3) is 6.79. The van der Waals surface area contributed by atoms with Crippen LogP contribution in [0.5, 0.6) is 17.2 Å². The van der Waals surface area contributed by atoms with Gasteiger partial charge in [-0.2, -0.15) is 0 Å². The Morgan fingerprint density at radius 3 is 2.29 bits per heavy atom. The van der Waals surface area contributed by atoms with Gasteiger partial charge in [-0.25, -0.2) is 9.69 Å². The number of carbonyl (C=O) groups excluding carboxylic acids is 3. The smallest absolute Gasteiger partial charge is 0.335 e. The first-order valence-electron chi connectivity index (χ1n) is 13.6. The SMILES string of the molecule is COc1cc(C=C2C(=O)NC(=O)N(c3ccc(Br)cc3)C2=O)ccc1OCCOc1ccc(C2CCCCC2)cc1. The van der Waals surface area contributed by atoms with E-state index in [1.807, 2.05) is 12.1 Å². The first-order chi connectivity index (χ1) is 19.9. The largest absolute Gasteiger partial charge is 0.493 e. The number of methoxy groups -OCH3 is 1. The summed E-state index contributed by atoms with van der Waals surface area (Å²) in [4.78, 5) is 39.0. The molecule has 41 heavy (non-hydrogen) atoms. The molecule has 0 unspecified atom stereocenters. The van der Waals surface area contributed by atoms with Crippen LogP contribution in [0.2, 0.25) is 0 Å². The summed E-state index contributed by atoms with van der Waals surface area (Å²) in [6.45, 7) is 0.651. The molecule has 2 fully saturated rings. The minimum absolute atomic E-state index is 0.175. The predicted octanol–water partition coefficient (Wildman–Crippen LogP) is 6.63. The Morgan fingerprint density at radius 1 is 0.878 bits per heavy atom. The van der Waals surface area contributed by atoms with Crippen molar-refractivity contribution in [3.8, 4) is 17.2 Å². The van der Waals surface area contributed by atoms with Crippen molar-refractivity contribution in [3.05, 3.63) is 87.9 Å². The molecule has 0 atom stereocenters. The Kier molecular flexibility index (Phi) is 9.04. The van der Waals surface area contributed by atoms with Crippen LogP contribution in [0, 0.1) is 0 Å². The topological polar surface area (TPSA) is 94.2 Å². The molecule has 0 radical (unpaired) electrons. The van der Waals surface area contributed by atoms with E-state index in [2.05, 4.69) is 33.4 Å². The molecule has 1 aliphatic carbocycles. The monoisotopic (exact) mass is 618 g/mol. The fourth-order valence-corrected chi connectivity index (χ4v) is 5.39. The highest BCUT2D eigenvalue weighted by Crippen LogP contribution is 2.33. The maximum Gasteiger partial charge on any atom is 0.335 e. The number of nitrogens with one attached hydrogen (secondary N) is 1. The Bertz CT molecular complexity index is 1450. The zero-order valence-corrected chi connectivity index (χ0v) is 24.3. The van der Waals surface area contributed by atoms with Gasteiger partial charge in [-0.05, 0) is 84.5 Å². The zero-order chi connectivity index (χ0) is 28.8. The zero-order valence-electron chi connectivity index (χ0n) is 22.7. The number of imide groups is 2. The quantitative estimate of drug-likeness (QED) is 0.164. The average Bonchev–Trinajstić information content (AvgIpc) is 2.99. The number of urea groups is 1. The van der Waals surface area contributed by atoms with Crippen molar-refractivity contribution in [2.75, 3.05) is 25.2 Å². The van der Waals surface area contributed by atoms with Crippen LogP contribution in [0.25, 0.3) is 6.08 Å². The standard InChI is InChI=1S/C32H31BrN2O6/c1-39-29-20-21(19-27-30(36)34-32(38)35(31(27)37)25-12-10-24(33)11-13-25)7-16-28(29)41-18-17-40-26-14-8-23(9-15-26)22-5-3-2-4-6-22/h7-16,19-20,22H,2-6,17-18H2,1H3,(H,34,36,38). The van der Waals surface area contributed by atoms with Crippen molar-refractivity contribution in [1.29, 1.82) is 0 Å². The summed E-state index contributed by atoms with van der Waals surface area (Å²) in [5.41, 5.74) is 2.09. The minimum Gasteiger partial charge on any atom is -0.493 e. The van der Waals surface area contributed by atoms with Crippen molar-refractivity contribution in [3.63, 3.8) is 0 Å². The van der Waals surface area contributed by atoms with E-state index in [9.17, 15) is 14.4 Å². The Balaban J connectivity index is 1.21. The van der Waals surface area contributed by atoms with E-state index in [-0.39, 0.29) is 5.57 Å². The van der Waals surface area contributed by atoms with E-state index in [0.717, 1.165) is 15.1 Å². The van der Waals surface area contributed by atoms with Gasteiger partial charge >= 0.3 is 6.03 Å². The number of hydrogen-bond acceptors (Lipinski definition) is 6. The highest BCUT2D eigenvalue weighted by Gasteiger charge is 2.36. The van der Waals surface area contributed by atoms with Gasteiger partial charge in [0.15, 0.2) is 11.5 Å². The van der Waals surface area contributed by atoms with Crippen LogP contribution in [0.4, 0.5) is 10.5 Å². The number of carbonyl (C=O) groups is 3. The number of amides is 4. The van der Waals surface area contributed by atoms with Crippen molar-refractivity contribution >= 4 is 45.5 Å². The second kappa shape index (κ2) is 13.0. The molecule has 1 saturated heterocycles. The summed E-state index contributed by atoms with van der Waals surface area (Å²) in [6.07, 6.45) is 7.90. The molecule has 5 rings (SSSR count). The van der Waals surface area contributed by atoms with Gasteiger partial charge < -0.3 is 14.2 Å². The van der Waals surface area contributed by atoms with Gasteiger partial charge in [-0.1, -0.05) is 53.4 Å². The van der Waals surface area contributed by atoms with Crippen LogP contribution in [0.3, 0.4) is 0 Å². The number of barbiturate groups is 1.